The van der Waals surface area contributed by atoms with E-state index >= 15 is 0 Å². The lowest BCUT2D eigenvalue weighted by Gasteiger charge is -2.24. The van der Waals surface area contributed by atoms with Crippen LogP contribution < -0.4 is 10.6 Å². The van der Waals surface area contributed by atoms with Crippen LogP contribution in [0.25, 0.3) is 0 Å². The van der Waals surface area contributed by atoms with Gasteiger partial charge in [0, 0.05) is 12.1 Å². The molecule has 0 aromatic heterocycles. The highest BCUT2D eigenvalue weighted by molar-refractivity contribution is 5.28. The van der Waals surface area contributed by atoms with E-state index in [9.17, 15) is 0 Å². The molecule has 1 aromatic rings. The lowest BCUT2D eigenvalue weighted by molar-refractivity contribution is 0.440. The Morgan fingerprint density at radius 3 is 2.44 bits per heavy atom. The quantitative estimate of drug-likeness (QED) is 0.833. The van der Waals surface area contributed by atoms with Crippen LogP contribution in [0.2, 0.25) is 0 Å². The third-order valence-corrected chi connectivity index (χ3v) is 4.29. The summed E-state index contributed by atoms with van der Waals surface area (Å²) in [6.07, 6.45) is 3.78. The minimum Gasteiger partial charge on any atom is -0.312 e. The second kappa shape index (κ2) is 6.35. The van der Waals surface area contributed by atoms with E-state index in [-0.39, 0.29) is 0 Å². The molecule has 0 radical (unpaired) electrons. The van der Waals surface area contributed by atoms with Gasteiger partial charge in [0.25, 0.3) is 0 Å². The third kappa shape index (κ3) is 2.93. The minimum atomic E-state index is 0.443. The van der Waals surface area contributed by atoms with Gasteiger partial charge in [-0.25, -0.2) is 0 Å². The molecule has 1 aliphatic rings. The first-order chi connectivity index (χ1) is 8.76. The molecule has 1 aromatic carbocycles. The van der Waals surface area contributed by atoms with Gasteiger partial charge in [-0.3, -0.25) is 0 Å². The van der Waals surface area contributed by atoms with Crippen molar-refractivity contribution in [3.63, 3.8) is 0 Å². The normalized spacial score (nSPS) is 22.9. The fourth-order valence-corrected chi connectivity index (χ4v) is 2.86. The van der Waals surface area contributed by atoms with E-state index in [2.05, 4.69) is 55.8 Å². The number of hydrogen-bond acceptors (Lipinski definition) is 2. The standard InChI is InChI=1S/C16H26N2/c1-4-12(2)13-7-9-14(10-8-13)16(17-3)15-6-5-11-18-15/h7-10,12,15-18H,4-6,11H2,1-3H3. The van der Waals surface area contributed by atoms with Crippen LogP contribution in [0.1, 0.15) is 56.2 Å². The lowest BCUT2D eigenvalue weighted by Crippen LogP contribution is -2.36. The van der Waals surface area contributed by atoms with E-state index in [1.54, 1.807) is 0 Å². The highest BCUT2D eigenvalue weighted by atomic mass is 15.0. The summed E-state index contributed by atoms with van der Waals surface area (Å²) in [7, 11) is 2.06. The topological polar surface area (TPSA) is 24.1 Å². The SMILES string of the molecule is CCC(C)c1ccc(C(NC)C2CCCN2)cc1. The molecule has 1 heterocycles. The van der Waals surface area contributed by atoms with E-state index in [4.69, 9.17) is 0 Å². The summed E-state index contributed by atoms with van der Waals surface area (Å²) in [5.41, 5.74) is 2.86. The Kier molecular flexibility index (Phi) is 4.79. The van der Waals surface area contributed by atoms with Crippen LogP contribution in [0.4, 0.5) is 0 Å². The maximum absolute atomic E-state index is 3.59. The smallest absolute Gasteiger partial charge is 0.0473 e. The van der Waals surface area contributed by atoms with Gasteiger partial charge in [0.1, 0.15) is 0 Å². The first kappa shape index (κ1) is 13.6. The molecule has 3 atom stereocenters. The van der Waals surface area contributed by atoms with Gasteiger partial charge >= 0.3 is 0 Å². The number of benzene rings is 1. The minimum absolute atomic E-state index is 0.443. The Bertz CT molecular complexity index is 352. The second-order valence-electron chi connectivity index (χ2n) is 5.45. The highest BCUT2D eigenvalue weighted by Gasteiger charge is 2.24. The Hall–Kier alpha value is -0.860. The van der Waals surface area contributed by atoms with Crippen LogP contribution in [-0.2, 0) is 0 Å². The molecule has 0 saturated carbocycles. The fraction of sp³-hybridized carbons (Fsp3) is 0.625. The van der Waals surface area contributed by atoms with Crippen LogP contribution >= 0.6 is 0 Å². The zero-order valence-corrected chi connectivity index (χ0v) is 11.9. The Balaban J connectivity index is 2.11. The zero-order valence-electron chi connectivity index (χ0n) is 11.9. The van der Waals surface area contributed by atoms with Gasteiger partial charge in [0.05, 0.1) is 0 Å². The average molecular weight is 246 g/mol. The molecule has 0 bridgehead atoms. The average Bonchev–Trinajstić information content (AvgIpc) is 2.93. The van der Waals surface area contributed by atoms with Crippen molar-refractivity contribution in [2.45, 2.75) is 51.1 Å². The molecule has 2 heteroatoms. The zero-order chi connectivity index (χ0) is 13.0. The molecule has 100 valence electrons. The van der Waals surface area contributed by atoms with Crippen LogP contribution in [0.15, 0.2) is 24.3 Å². The first-order valence-electron chi connectivity index (χ1n) is 7.26. The summed E-state index contributed by atoms with van der Waals surface area (Å²) in [4.78, 5) is 0. The van der Waals surface area contributed by atoms with Crippen molar-refractivity contribution < 1.29 is 0 Å². The molecule has 18 heavy (non-hydrogen) atoms. The van der Waals surface area contributed by atoms with Gasteiger partial charge in [0.15, 0.2) is 0 Å². The van der Waals surface area contributed by atoms with Crippen LogP contribution in [0, 0.1) is 0 Å². The van der Waals surface area contributed by atoms with Crippen molar-refractivity contribution in [3.05, 3.63) is 35.4 Å². The predicted octanol–water partition coefficient (Wildman–Crippen LogP) is 3.21. The molecule has 1 aliphatic heterocycles. The largest absolute Gasteiger partial charge is 0.312 e. The Labute approximate surface area is 111 Å². The molecule has 3 unspecified atom stereocenters. The number of likely N-dealkylation sites (N-methyl/N-ethyl adjacent to an activating group) is 1. The summed E-state index contributed by atoms with van der Waals surface area (Å²) in [6, 6.07) is 10.2. The maximum atomic E-state index is 3.59. The fourth-order valence-electron chi connectivity index (χ4n) is 2.86. The molecule has 0 amide bonds. The first-order valence-corrected chi connectivity index (χ1v) is 7.26. The second-order valence-corrected chi connectivity index (χ2v) is 5.45. The van der Waals surface area contributed by atoms with Crippen molar-refractivity contribution >= 4 is 0 Å². The van der Waals surface area contributed by atoms with Crippen molar-refractivity contribution in [2.75, 3.05) is 13.6 Å². The van der Waals surface area contributed by atoms with Crippen LogP contribution in [0.3, 0.4) is 0 Å². The Morgan fingerprint density at radius 2 is 1.94 bits per heavy atom. The van der Waals surface area contributed by atoms with Gasteiger partial charge in [-0.05, 0) is 49.9 Å². The number of rotatable bonds is 5. The summed E-state index contributed by atoms with van der Waals surface area (Å²) in [6.45, 7) is 5.70. The summed E-state index contributed by atoms with van der Waals surface area (Å²) >= 11 is 0. The van der Waals surface area contributed by atoms with E-state index in [1.165, 1.54) is 30.4 Å². The van der Waals surface area contributed by atoms with Gasteiger partial charge in [-0.2, -0.15) is 0 Å². The van der Waals surface area contributed by atoms with Crippen molar-refractivity contribution in [3.8, 4) is 0 Å². The molecule has 2 rings (SSSR count). The van der Waals surface area contributed by atoms with Crippen LogP contribution in [0.5, 0.6) is 0 Å². The summed E-state index contributed by atoms with van der Waals surface area (Å²) in [5, 5.41) is 7.05. The molecular weight excluding hydrogens is 220 g/mol. The van der Waals surface area contributed by atoms with E-state index in [0.717, 1.165) is 6.54 Å². The number of hydrogen-bond donors (Lipinski definition) is 2. The molecule has 1 saturated heterocycles. The van der Waals surface area contributed by atoms with E-state index < -0.39 is 0 Å². The van der Waals surface area contributed by atoms with Crippen molar-refractivity contribution in [1.29, 1.82) is 0 Å². The molecule has 2 N–H and O–H groups in total. The van der Waals surface area contributed by atoms with Gasteiger partial charge in [-0.15, -0.1) is 0 Å². The monoisotopic (exact) mass is 246 g/mol. The third-order valence-electron chi connectivity index (χ3n) is 4.29. The van der Waals surface area contributed by atoms with Gasteiger partial charge in [-0.1, -0.05) is 38.1 Å². The Morgan fingerprint density at radius 1 is 1.28 bits per heavy atom. The molecular formula is C16H26N2. The molecule has 2 nitrogen and oxygen atoms in total. The summed E-state index contributed by atoms with van der Waals surface area (Å²) in [5.74, 6) is 0.664. The van der Waals surface area contributed by atoms with Gasteiger partial charge < -0.3 is 10.6 Å². The van der Waals surface area contributed by atoms with Crippen molar-refractivity contribution in [2.24, 2.45) is 0 Å². The highest BCUT2D eigenvalue weighted by Crippen LogP contribution is 2.25. The van der Waals surface area contributed by atoms with Crippen molar-refractivity contribution in [1.82, 2.24) is 10.6 Å². The van der Waals surface area contributed by atoms with E-state index in [0.29, 0.717) is 18.0 Å². The molecule has 0 aliphatic carbocycles. The predicted molar refractivity (Wildman–Crippen MR) is 78.0 cm³/mol. The molecule has 0 spiro atoms. The summed E-state index contributed by atoms with van der Waals surface area (Å²) < 4.78 is 0. The maximum Gasteiger partial charge on any atom is 0.0473 e. The lowest BCUT2D eigenvalue weighted by atomic mass is 9.93. The molecule has 1 fully saturated rings. The van der Waals surface area contributed by atoms with Crippen LogP contribution in [-0.4, -0.2) is 19.6 Å². The number of nitrogens with one attached hydrogen (secondary N) is 2. The van der Waals surface area contributed by atoms with Gasteiger partial charge in [0.2, 0.25) is 0 Å². The van der Waals surface area contributed by atoms with E-state index in [1.807, 2.05) is 0 Å².